The molecule has 2 saturated heterocycles. The molecule has 0 aromatic carbocycles. The molecule has 0 bridgehead atoms. The second-order valence-corrected chi connectivity index (χ2v) is 7.02. The van der Waals surface area contributed by atoms with E-state index in [-0.39, 0.29) is 0 Å². The van der Waals surface area contributed by atoms with Crippen LogP contribution in [0.3, 0.4) is 0 Å². The van der Waals surface area contributed by atoms with Crippen LogP contribution < -0.4 is 5.32 Å². The summed E-state index contributed by atoms with van der Waals surface area (Å²) in [6.45, 7) is 8.95. The van der Waals surface area contributed by atoms with Gasteiger partial charge in [-0.1, -0.05) is 13.8 Å². The minimum Gasteiger partial charge on any atom is -0.372 e. The molecule has 0 saturated carbocycles. The topological polar surface area (TPSA) is 27.7 Å². The van der Waals surface area contributed by atoms with Gasteiger partial charge in [-0.25, -0.2) is 0 Å². The number of likely N-dealkylation sites (tertiary alicyclic amines) is 1. The lowest BCUT2D eigenvalue weighted by Crippen LogP contribution is -2.47. The van der Waals surface area contributed by atoms with Crippen molar-refractivity contribution in [1.82, 2.24) is 15.1 Å². The van der Waals surface area contributed by atoms with Crippen LogP contribution in [0.25, 0.3) is 0 Å². The second-order valence-electron chi connectivity index (χ2n) is 7.02. The van der Waals surface area contributed by atoms with E-state index in [1.165, 1.54) is 38.8 Å². The largest absolute Gasteiger partial charge is 0.372 e. The van der Waals surface area contributed by atoms with Crippen molar-refractivity contribution in [3.63, 3.8) is 0 Å². The zero-order valence-electron chi connectivity index (χ0n) is 13.8. The third-order valence-electron chi connectivity index (χ3n) is 4.66. The highest BCUT2D eigenvalue weighted by atomic mass is 16.5. The maximum Gasteiger partial charge on any atom is 0.0707 e. The molecule has 4 heteroatoms. The van der Waals surface area contributed by atoms with E-state index in [1.807, 2.05) is 0 Å². The minimum atomic E-state index is 0.421. The fraction of sp³-hybridized carbons (Fsp3) is 1.00. The summed E-state index contributed by atoms with van der Waals surface area (Å²) in [5.74, 6) is 0. The summed E-state index contributed by atoms with van der Waals surface area (Å²) >= 11 is 0. The number of nitrogens with zero attached hydrogens (tertiary/aromatic N) is 2. The highest BCUT2D eigenvalue weighted by molar-refractivity contribution is 4.82. The standard InChI is InChI=1S/C16H33N3O/c1-13(2)17-10-15-7-8-16(20-15)12-19(4)14-6-5-9-18(3)11-14/h13-17H,5-12H2,1-4H3. The zero-order chi connectivity index (χ0) is 14.5. The summed E-state index contributed by atoms with van der Waals surface area (Å²) in [6, 6.07) is 1.27. The van der Waals surface area contributed by atoms with Gasteiger partial charge in [0.15, 0.2) is 0 Å². The van der Waals surface area contributed by atoms with Gasteiger partial charge in [-0.15, -0.1) is 0 Å². The van der Waals surface area contributed by atoms with E-state index >= 15 is 0 Å². The Balaban J connectivity index is 1.68. The SMILES string of the molecule is CC(C)NCC1CCC(CN(C)C2CCCN(C)C2)O1. The second kappa shape index (κ2) is 7.74. The van der Waals surface area contributed by atoms with Gasteiger partial charge in [0, 0.05) is 31.7 Å². The molecule has 1 N–H and O–H groups in total. The predicted molar refractivity (Wildman–Crippen MR) is 84.2 cm³/mol. The molecule has 0 radical (unpaired) electrons. The molecule has 3 unspecified atom stereocenters. The summed E-state index contributed by atoms with van der Waals surface area (Å²) < 4.78 is 6.18. The van der Waals surface area contributed by atoms with Crippen LogP contribution in [0.4, 0.5) is 0 Å². The summed E-state index contributed by atoms with van der Waals surface area (Å²) in [6.07, 6.45) is 5.96. The van der Waals surface area contributed by atoms with Crippen molar-refractivity contribution in [2.24, 2.45) is 0 Å². The smallest absolute Gasteiger partial charge is 0.0707 e. The van der Waals surface area contributed by atoms with Crippen LogP contribution >= 0.6 is 0 Å². The Labute approximate surface area is 124 Å². The van der Waals surface area contributed by atoms with Crippen LogP contribution in [-0.4, -0.2) is 74.4 Å². The van der Waals surface area contributed by atoms with Crippen molar-refractivity contribution in [2.45, 2.75) is 63.8 Å². The Morgan fingerprint density at radius 2 is 2.00 bits per heavy atom. The number of ether oxygens (including phenoxy) is 1. The first-order valence-electron chi connectivity index (χ1n) is 8.32. The normalized spacial score (nSPS) is 32.4. The van der Waals surface area contributed by atoms with Gasteiger partial charge < -0.3 is 15.0 Å². The Morgan fingerprint density at radius 1 is 1.25 bits per heavy atom. The van der Waals surface area contributed by atoms with Gasteiger partial charge in [0.1, 0.15) is 0 Å². The molecule has 2 aliphatic rings. The summed E-state index contributed by atoms with van der Waals surface area (Å²) in [5, 5.41) is 3.49. The molecule has 0 aliphatic carbocycles. The van der Waals surface area contributed by atoms with Gasteiger partial charge in [0.2, 0.25) is 0 Å². The van der Waals surface area contributed by atoms with E-state index in [4.69, 9.17) is 4.74 Å². The first-order chi connectivity index (χ1) is 9.54. The van der Waals surface area contributed by atoms with Gasteiger partial charge in [0.25, 0.3) is 0 Å². The Kier molecular flexibility index (Phi) is 6.27. The molecule has 0 aromatic heterocycles. The van der Waals surface area contributed by atoms with Crippen molar-refractivity contribution in [2.75, 3.05) is 40.3 Å². The van der Waals surface area contributed by atoms with Crippen LogP contribution in [0.1, 0.15) is 39.5 Å². The molecule has 4 nitrogen and oxygen atoms in total. The lowest BCUT2D eigenvalue weighted by Gasteiger charge is -2.36. The summed E-state index contributed by atoms with van der Waals surface area (Å²) in [7, 11) is 4.51. The van der Waals surface area contributed by atoms with E-state index in [0.717, 1.165) is 13.1 Å². The minimum absolute atomic E-state index is 0.421. The van der Waals surface area contributed by atoms with E-state index in [0.29, 0.717) is 24.3 Å². The monoisotopic (exact) mass is 283 g/mol. The van der Waals surface area contributed by atoms with Crippen molar-refractivity contribution in [1.29, 1.82) is 0 Å². The van der Waals surface area contributed by atoms with Crippen molar-refractivity contribution in [3.05, 3.63) is 0 Å². The van der Waals surface area contributed by atoms with Gasteiger partial charge in [0.05, 0.1) is 12.2 Å². The molecule has 2 aliphatic heterocycles. The third kappa shape index (κ3) is 4.99. The Hall–Kier alpha value is -0.160. The number of likely N-dealkylation sites (N-methyl/N-ethyl adjacent to an activating group) is 2. The van der Waals surface area contributed by atoms with Gasteiger partial charge in [-0.2, -0.15) is 0 Å². The van der Waals surface area contributed by atoms with Gasteiger partial charge in [-0.3, -0.25) is 4.90 Å². The third-order valence-corrected chi connectivity index (χ3v) is 4.66. The fourth-order valence-corrected chi connectivity index (χ4v) is 3.40. The van der Waals surface area contributed by atoms with E-state index in [1.54, 1.807) is 0 Å². The molecule has 3 atom stereocenters. The first-order valence-corrected chi connectivity index (χ1v) is 8.32. The van der Waals surface area contributed by atoms with Crippen LogP contribution in [-0.2, 0) is 4.74 Å². The van der Waals surface area contributed by atoms with E-state index in [2.05, 4.69) is 43.1 Å². The summed E-state index contributed by atoms with van der Waals surface area (Å²) in [5.41, 5.74) is 0. The molecular weight excluding hydrogens is 250 g/mol. The van der Waals surface area contributed by atoms with E-state index < -0.39 is 0 Å². The fourth-order valence-electron chi connectivity index (χ4n) is 3.40. The molecule has 20 heavy (non-hydrogen) atoms. The number of hydrogen-bond donors (Lipinski definition) is 1. The van der Waals surface area contributed by atoms with Gasteiger partial charge >= 0.3 is 0 Å². The van der Waals surface area contributed by atoms with Crippen molar-refractivity contribution < 1.29 is 4.74 Å². The summed E-state index contributed by atoms with van der Waals surface area (Å²) in [4.78, 5) is 4.98. The molecule has 2 rings (SSSR count). The molecule has 0 amide bonds. The van der Waals surface area contributed by atoms with Crippen LogP contribution in [0.15, 0.2) is 0 Å². The molecule has 0 spiro atoms. The van der Waals surface area contributed by atoms with Crippen LogP contribution in [0.2, 0.25) is 0 Å². The maximum atomic E-state index is 6.18. The average Bonchev–Trinajstić information content (AvgIpc) is 2.84. The highest BCUT2D eigenvalue weighted by Crippen LogP contribution is 2.22. The van der Waals surface area contributed by atoms with E-state index in [9.17, 15) is 0 Å². The predicted octanol–water partition coefficient (Wildman–Crippen LogP) is 1.56. The number of piperidine rings is 1. The average molecular weight is 283 g/mol. The van der Waals surface area contributed by atoms with Crippen molar-refractivity contribution in [3.8, 4) is 0 Å². The quantitative estimate of drug-likeness (QED) is 0.800. The molecule has 118 valence electrons. The lowest BCUT2D eigenvalue weighted by atomic mass is 10.0. The Bertz CT molecular complexity index is 285. The molecule has 0 aromatic rings. The molecular formula is C16H33N3O. The van der Waals surface area contributed by atoms with Crippen LogP contribution in [0, 0.1) is 0 Å². The van der Waals surface area contributed by atoms with Gasteiger partial charge in [-0.05, 0) is 46.3 Å². The molecule has 2 heterocycles. The lowest BCUT2D eigenvalue weighted by molar-refractivity contribution is 0.0126. The highest BCUT2D eigenvalue weighted by Gasteiger charge is 2.29. The first kappa shape index (κ1) is 16.2. The number of rotatable bonds is 6. The zero-order valence-corrected chi connectivity index (χ0v) is 13.8. The van der Waals surface area contributed by atoms with Crippen molar-refractivity contribution >= 4 is 0 Å². The number of hydrogen-bond acceptors (Lipinski definition) is 4. The number of nitrogens with one attached hydrogen (secondary N) is 1. The maximum absolute atomic E-state index is 6.18. The Morgan fingerprint density at radius 3 is 2.70 bits per heavy atom. The molecule has 2 fully saturated rings. The van der Waals surface area contributed by atoms with Crippen LogP contribution in [0.5, 0.6) is 0 Å².